The van der Waals surface area contributed by atoms with E-state index in [1.807, 2.05) is 0 Å². The minimum atomic E-state index is 0.387. The Morgan fingerprint density at radius 2 is 2.70 bits per heavy atom. The van der Waals surface area contributed by atoms with E-state index in [9.17, 15) is 4.79 Å². The summed E-state index contributed by atoms with van der Waals surface area (Å²) in [4.78, 5) is 14.6. The van der Waals surface area contributed by atoms with Gasteiger partial charge in [0.25, 0.3) is 0 Å². The van der Waals surface area contributed by atoms with Crippen molar-refractivity contribution in [1.29, 1.82) is 0 Å². The SMILES string of the molecule is CON([C]=O)c1cc[nH]n1. The first-order valence-corrected chi connectivity index (χ1v) is 2.60. The van der Waals surface area contributed by atoms with Gasteiger partial charge in [0, 0.05) is 12.3 Å². The number of nitrogens with one attached hydrogen (secondary N) is 1. The number of aromatic nitrogens is 2. The molecule has 0 aliphatic carbocycles. The number of amides is 1. The molecule has 1 amide bonds. The Labute approximate surface area is 57.5 Å². The Bertz CT molecular complexity index is 197. The molecule has 0 fully saturated rings. The van der Waals surface area contributed by atoms with Crippen molar-refractivity contribution in [2.45, 2.75) is 0 Å². The fourth-order valence-corrected chi connectivity index (χ4v) is 0.543. The molecule has 0 saturated carbocycles. The molecule has 0 bridgehead atoms. The number of nitrogens with zero attached hydrogens (tertiary/aromatic N) is 2. The molecule has 53 valence electrons. The fourth-order valence-electron chi connectivity index (χ4n) is 0.543. The zero-order valence-corrected chi connectivity index (χ0v) is 5.37. The van der Waals surface area contributed by atoms with Crippen LogP contribution in [0.2, 0.25) is 0 Å². The molecule has 0 aliphatic heterocycles. The number of anilines is 1. The summed E-state index contributed by atoms with van der Waals surface area (Å²) in [6, 6.07) is 1.59. The molecule has 0 spiro atoms. The molecule has 0 unspecified atom stereocenters. The van der Waals surface area contributed by atoms with Crippen molar-refractivity contribution in [2.24, 2.45) is 0 Å². The van der Waals surface area contributed by atoms with Crippen LogP contribution in [0.15, 0.2) is 12.3 Å². The smallest absolute Gasteiger partial charge is 0.284 e. The number of carbonyl (C=O) groups excluding carboxylic acids is 1. The van der Waals surface area contributed by atoms with E-state index in [2.05, 4.69) is 15.0 Å². The van der Waals surface area contributed by atoms with Crippen molar-refractivity contribution >= 4 is 12.2 Å². The molecule has 5 heteroatoms. The summed E-state index contributed by atoms with van der Waals surface area (Å²) in [5.74, 6) is 0.387. The lowest BCUT2D eigenvalue weighted by atomic mass is 10.6. The van der Waals surface area contributed by atoms with Crippen LogP contribution in [0, 0.1) is 0 Å². The molecule has 1 radical (unpaired) electrons. The lowest BCUT2D eigenvalue weighted by Gasteiger charge is -2.06. The van der Waals surface area contributed by atoms with Crippen LogP contribution in [-0.2, 0) is 9.63 Å². The van der Waals surface area contributed by atoms with E-state index in [0.29, 0.717) is 5.82 Å². The molecular formula is C5H6N3O2. The highest BCUT2D eigenvalue weighted by Crippen LogP contribution is 2.04. The molecule has 1 aromatic rings. The lowest BCUT2D eigenvalue weighted by Crippen LogP contribution is -2.19. The third-order valence-electron chi connectivity index (χ3n) is 0.960. The Morgan fingerprint density at radius 1 is 1.90 bits per heavy atom. The summed E-state index contributed by atoms with van der Waals surface area (Å²) in [6.45, 7) is 0. The Balaban J connectivity index is 2.73. The number of rotatable bonds is 3. The number of H-pyrrole nitrogens is 1. The molecule has 1 aromatic heterocycles. The van der Waals surface area contributed by atoms with Crippen molar-refractivity contribution in [3.05, 3.63) is 12.3 Å². The summed E-state index contributed by atoms with van der Waals surface area (Å²) in [5, 5.41) is 7.09. The molecule has 0 aromatic carbocycles. The van der Waals surface area contributed by atoms with Gasteiger partial charge in [0.05, 0.1) is 7.11 Å². The third-order valence-corrected chi connectivity index (χ3v) is 0.960. The zero-order chi connectivity index (χ0) is 7.40. The summed E-state index contributed by atoms with van der Waals surface area (Å²) in [6.07, 6.45) is 3.11. The highest BCUT2D eigenvalue weighted by atomic mass is 16.7. The zero-order valence-electron chi connectivity index (χ0n) is 5.37. The molecule has 10 heavy (non-hydrogen) atoms. The van der Waals surface area contributed by atoms with Gasteiger partial charge in [-0.1, -0.05) is 0 Å². The largest absolute Gasteiger partial charge is 0.344 e. The molecule has 1 N–H and O–H groups in total. The van der Waals surface area contributed by atoms with Crippen LogP contribution in [0.25, 0.3) is 0 Å². The van der Waals surface area contributed by atoms with Gasteiger partial charge < -0.3 is 0 Å². The first-order chi connectivity index (χ1) is 4.88. The normalized spacial score (nSPS) is 9.30. The maximum absolute atomic E-state index is 10.1. The molecule has 0 saturated heterocycles. The predicted octanol–water partition coefficient (Wildman–Crippen LogP) is -0.155. The molecule has 1 heterocycles. The standard InChI is InChI=1S/C5H6N3O2/c1-10-8(4-9)5-2-3-6-7-5/h2-3H,1H3,(H,6,7). The van der Waals surface area contributed by atoms with E-state index in [0.717, 1.165) is 5.06 Å². The summed E-state index contributed by atoms with van der Waals surface area (Å²) < 4.78 is 0. The molecule has 5 nitrogen and oxygen atoms in total. The summed E-state index contributed by atoms with van der Waals surface area (Å²) in [7, 11) is 1.36. The second-order valence-electron chi connectivity index (χ2n) is 1.50. The highest BCUT2D eigenvalue weighted by Gasteiger charge is 2.05. The number of hydrogen-bond donors (Lipinski definition) is 1. The van der Waals surface area contributed by atoms with E-state index < -0.39 is 0 Å². The van der Waals surface area contributed by atoms with E-state index in [-0.39, 0.29) is 0 Å². The second-order valence-corrected chi connectivity index (χ2v) is 1.50. The monoisotopic (exact) mass is 140 g/mol. The average molecular weight is 140 g/mol. The van der Waals surface area contributed by atoms with Crippen LogP contribution in [0.4, 0.5) is 5.82 Å². The van der Waals surface area contributed by atoms with E-state index in [1.54, 1.807) is 12.3 Å². The van der Waals surface area contributed by atoms with Gasteiger partial charge in [0.15, 0.2) is 5.82 Å². The van der Waals surface area contributed by atoms with Crippen LogP contribution >= 0.6 is 0 Å². The van der Waals surface area contributed by atoms with Gasteiger partial charge in [-0.15, -0.1) is 0 Å². The first-order valence-electron chi connectivity index (χ1n) is 2.60. The first kappa shape index (κ1) is 6.76. The fraction of sp³-hybridized carbons (Fsp3) is 0.200. The quantitative estimate of drug-likeness (QED) is 0.469. The summed E-state index contributed by atoms with van der Waals surface area (Å²) in [5.41, 5.74) is 0. The van der Waals surface area contributed by atoms with Gasteiger partial charge in [0.2, 0.25) is 0 Å². The number of hydroxylamine groups is 1. The molecule has 0 aliphatic rings. The van der Waals surface area contributed by atoms with E-state index >= 15 is 0 Å². The van der Waals surface area contributed by atoms with Gasteiger partial charge in [-0.3, -0.25) is 14.7 Å². The van der Waals surface area contributed by atoms with Gasteiger partial charge in [-0.25, -0.2) is 0 Å². The van der Waals surface area contributed by atoms with E-state index in [4.69, 9.17) is 0 Å². The highest BCUT2D eigenvalue weighted by molar-refractivity contribution is 5.69. The predicted molar refractivity (Wildman–Crippen MR) is 33.8 cm³/mol. The van der Waals surface area contributed by atoms with Crippen LogP contribution in [0.5, 0.6) is 0 Å². The second kappa shape index (κ2) is 2.98. The Kier molecular flexibility index (Phi) is 2.01. The lowest BCUT2D eigenvalue weighted by molar-refractivity contribution is 0.204. The van der Waals surface area contributed by atoms with Crippen molar-refractivity contribution in [1.82, 2.24) is 10.2 Å². The third kappa shape index (κ3) is 1.14. The van der Waals surface area contributed by atoms with Gasteiger partial charge >= 0.3 is 6.41 Å². The number of hydrogen-bond acceptors (Lipinski definition) is 3. The van der Waals surface area contributed by atoms with Crippen LogP contribution < -0.4 is 5.06 Å². The molecule has 0 atom stereocenters. The van der Waals surface area contributed by atoms with Crippen molar-refractivity contribution < 1.29 is 9.63 Å². The van der Waals surface area contributed by atoms with Crippen molar-refractivity contribution in [3.8, 4) is 0 Å². The van der Waals surface area contributed by atoms with Crippen molar-refractivity contribution in [3.63, 3.8) is 0 Å². The maximum atomic E-state index is 10.1. The van der Waals surface area contributed by atoms with Gasteiger partial charge in [0.1, 0.15) is 0 Å². The average Bonchev–Trinajstić information content (AvgIpc) is 2.43. The number of aromatic amines is 1. The minimum Gasteiger partial charge on any atom is -0.284 e. The van der Waals surface area contributed by atoms with Gasteiger partial charge in [-0.05, 0) is 0 Å². The Morgan fingerprint density at radius 3 is 3.10 bits per heavy atom. The van der Waals surface area contributed by atoms with Crippen LogP contribution in [-0.4, -0.2) is 23.7 Å². The van der Waals surface area contributed by atoms with Crippen LogP contribution in [0.1, 0.15) is 0 Å². The summed E-state index contributed by atoms with van der Waals surface area (Å²) >= 11 is 0. The molecular weight excluding hydrogens is 134 g/mol. The van der Waals surface area contributed by atoms with Crippen molar-refractivity contribution in [2.75, 3.05) is 12.2 Å². The molecule has 1 rings (SSSR count). The maximum Gasteiger partial charge on any atom is 0.344 e. The van der Waals surface area contributed by atoms with Gasteiger partial charge in [-0.2, -0.15) is 10.2 Å². The Hall–Kier alpha value is -1.36. The van der Waals surface area contributed by atoms with Crippen LogP contribution in [0.3, 0.4) is 0 Å². The topological polar surface area (TPSA) is 58.2 Å². The van der Waals surface area contributed by atoms with E-state index in [1.165, 1.54) is 13.5 Å². The minimum absolute atomic E-state index is 0.387.